The average Bonchev–Trinajstić information content (AvgIpc) is 2.42. The quantitative estimate of drug-likeness (QED) is 0.912. The normalized spacial score (nSPS) is 18.9. The molecular weight excluding hydrogens is 324 g/mol. The second kappa shape index (κ2) is 6.26. The Morgan fingerprint density at radius 1 is 1.50 bits per heavy atom. The molecule has 1 heterocycles. The molecule has 0 radical (unpaired) electrons. The lowest BCUT2D eigenvalue weighted by Gasteiger charge is -2.30. The van der Waals surface area contributed by atoms with Crippen LogP contribution in [0.15, 0.2) is 22.7 Å². The van der Waals surface area contributed by atoms with Gasteiger partial charge >= 0.3 is 0 Å². The number of carbonyl (C=O) groups is 2. The van der Waals surface area contributed by atoms with Gasteiger partial charge in [-0.1, -0.05) is 0 Å². The van der Waals surface area contributed by atoms with Crippen LogP contribution in [0.2, 0.25) is 0 Å². The number of nitrogens with one attached hydrogen (secondary N) is 1. The smallest absolute Gasteiger partial charge is 0.251 e. The summed E-state index contributed by atoms with van der Waals surface area (Å²) in [6, 6.07) is 5.20. The molecule has 2 rings (SSSR count). The third-order valence-electron chi connectivity index (χ3n) is 3.38. The molecule has 0 aromatic heterocycles. The Labute approximate surface area is 126 Å². The van der Waals surface area contributed by atoms with Crippen LogP contribution in [-0.2, 0) is 4.79 Å². The highest BCUT2D eigenvalue weighted by atomic mass is 79.9. The summed E-state index contributed by atoms with van der Waals surface area (Å²) in [6.07, 6.45) is 1.17. The molecular formula is C14H17BrN2O3. The first kappa shape index (κ1) is 14.8. The highest BCUT2D eigenvalue weighted by Crippen LogP contribution is 2.25. The third-order valence-corrected chi connectivity index (χ3v) is 4.00. The first-order chi connectivity index (χ1) is 9.51. The summed E-state index contributed by atoms with van der Waals surface area (Å²) in [5.74, 6) is 0.674. The SMILES string of the molecule is COc1ccc(C(=O)NC2CCC(=O)N(C)C2)cc1Br. The summed E-state index contributed by atoms with van der Waals surface area (Å²) in [4.78, 5) is 25.2. The van der Waals surface area contributed by atoms with Crippen molar-refractivity contribution in [2.75, 3.05) is 20.7 Å². The lowest BCUT2D eigenvalue weighted by atomic mass is 10.0. The lowest BCUT2D eigenvalue weighted by molar-refractivity contribution is -0.132. The Bertz CT molecular complexity index is 533. The number of ether oxygens (including phenoxy) is 1. The minimum Gasteiger partial charge on any atom is -0.496 e. The van der Waals surface area contributed by atoms with Crippen LogP contribution >= 0.6 is 15.9 Å². The molecule has 1 saturated heterocycles. The molecule has 1 unspecified atom stereocenters. The molecule has 20 heavy (non-hydrogen) atoms. The van der Waals surface area contributed by atoms with Crippen LogP contribution < -0.4 is 10.1 Å². The van der Waals surface area contributed by atoms with Gasteiger partial charge in [-0.2, -0.15) is 0 Å². The van der Waals surface area contributed by atoms with Gasteiger partial charge in [-0.15, -0.1) is 0 Å². The van der Waals surface area contributed by atoms with E-state index in [9.17, 15) is 9.59 Å². The summed E-state index contributed by atoms with van der Waals surface area (Å²) in [5.41, 5.74) is 0.567. The Hall–Kier alpha value is -1.56. The average molecular weight is 341 g/mol. The molecule has 1 atom stereocenters. The molecule has 1 fully saturated rings. The second-order valence-corrected chi connectivity index (χ2v) is 5.69. The van der Waals surface area contributed by atoms with Crippen molar-refractivity contribution in [2.24, 2.45) is 0 Å². The minimum atomic E-state index is -0.138. The maximum absolute atomic E-state index is 12.2. The molecule has 0 aliphatic carbocycles. The monoisotopic (exact) mass is 340 g/mol. The number of hydrogen-bond donors (Lipinski definition) is 1. The van der Waals surface area contributed by atoms with E-state index >= 15 is 0 Å². The first-order valence-corrected chi connectivity index (χ1v) is 7.19. The Balaban J connectivity index is 2.01. The number of likely N-dealkylation sites (N-methyl/N-ethyl adjacent to an activating group) is 1. The number of hydrogen-bond acceptors (Lipinski definition) is 3. The second-order valence-electron chi connectivity index (χ2n) is 4.83. The standard InChI is InChI=1S/C14H17BrN2O3/c1-17-8-10(4-6-13(17)18)16-14(19)9-3-5-12(20-2)11(15)7-9/h3,5,7,10H,4,6,8H2,1-2H3,(H,16,19). The molecule has 1 aromatic carbocycles. The van der Waals surface area contributed by atoms with E-state index in [4.69, 9.17) is 4.74 Å². The summed E-state index contributed by atoms with van der Waals surface area (Å²) in [6.45, 7) is 0.557. The van der Waals surface area contributed by atoms with Crippen molar-refractivity contribution in [2.45, 2.75) is 18.9 Å². The van der Waals surface area contributed by atoms with E-state index in [2.05, 4.69) is 21.2 Å². The van der Waals surface area contributed by atoms with Crippen LogP contribution in [0.3, 0.4) is 0 Å². The Kier molecular flexibility index (Phi) is 4.65. The predicted molar refractivity (Wildman–Crippen MR) is 78.8 cm³/mol. The topological polar surface area (TPSA) is 58.6 Å². The number of methoxy groups -OCH3 is 1. The minimum absolute atomic E-state index is 0.00563. The number of halogens is 1. The zero-order valence-electron chi connectivity index (χ0n) is 11.5. The van der Waals surface area contributed by atoms with Crippen molar-refractivity contribution in [1.82, 2.24) is 10.2 Å². The van der Waals surface area contributed by atoms with Crippen molar-refractivity contribution in [3.63, 3.8) is 0 Å². The Morgan fingerprint density at radius 2 is 2.25 bits per heavy atom. The molecule has 2 amide bonds. The van der Waals surface area contributed by atoms with Gasteiger partial charge in [-0.3, -0.25) is 9.59 Å². The summed E-state index contributed by atoms with van der Waals surface area (Å²) >= 11 is 3.36. The van der Waals surface area contributed by atoms with Crippen LogP contribution in [0, 0.1) is 0 Å². The van der Waals surface area contributed by atoms with Gasteiger partial charge in [0.2, 0.25) is 5.91 Å². The van der Waals surface area contributed by atoms with Gasteiger partial charge in [0.15, 0.2) is 0 Å². The molecule has 1 N–H and O–H groups in total. The van der Waals surface area contributed by atoms with Gasteiger partial charge in [0, 0.05) is 31.6 Å². The number of rotatable bonds is 3. The van der Waals surface area contributed by atoms with Gasteiger partial charge in [-0.25, -0.2) is 0 Å². The van der Waals surface area contributed by atoms with Crippen LogP contribution in [0.5, 0.6) is 5.75 Å². The summed E-state index contributed by atoms with van der Waals surface area (Å²) in [5, 5.41) is 2.96. The fourth-order valence-corrected chi connectivity index (χ4v) is 2.75. The molecule has 1 aromatic rings. The van der Waals surface area contributed by atoms with Gasteiger partial charge < -0.3 is 15.0 Å². The number of likely N-dealkylation sites (tertiary alicyclic amines) is 1. The van der Waals surface area contributed by atoms with Crippen LogP contribution in [0.25, 0.3) is 0 Å². The van der Waals surface area contributed by atoms with Gasteiger partial charge in [-0.05, 0) is 40.5 Å². The molecule has 0 saturated carbocycles. The van der Waals surface area contributed by atoms with Crippen molar-refractivity contribution >= 4 is 27.7 Å². The number of carbonyl (C=O) groups excluding carboxylic acids is 2. The zero-order chi connectivity index (χ0) is 14.7. The molecule has 108 valence electrons. The van der Waals surface area contributed by atoms with E-state index in [1.807, 2.05) is 0 Å². The van der Waals surface area contributed by atoms with Crippen molar-refractivity contribution in [1.29, 1.82) is 0 Å². The third kappa shape index (κ3) is 3.30. The fraction of sp³-hybridized carbons (Fsp3) is 0.429. The summed E-state index contributed by atoms with van der Waals surface area (Å²) < 4.78 is 5.87. The molecule has 0 bridgehead atoms. The predicted octanol–water partition coefficient (Wildman–Crippen LogP) is 1.81. The fourth-order valence-electron chi connectivity index (χ4n) is 2.21. The van der Waals surface area contributed by atoms with Crippen molar-refractivity contribution in [3.05, 3.63) is 28.2 Å². The van der Waals surface area contributed by atoms with E-state index in [0.29, 0.717) is 30.7 Å². The first-order valence-electron chi connectivity index (χ1n) is 6.39. The maximum atomic E-state index is 12.2. The van der Waals surface area contributed by atoms with Crippen molar-refractivity contribution < 1.29 is 14.3 Å². The maximum Gasteiger partial charge on any atom is 0.251 e. The summed E-state index contributed by atoms with van der Waals surface area (Å²) in [7, 11) is 3.33. The lowest BCUT2D eigenvalue weighted by Crippen LogP contribution is -2.48. The molecule has 0 spiro atoms. The number of piperidine rings is 1. The van der Waals surface area contributed by atoms with E-state index in [1.54, 1.807) is 37.3 Å². The molecule has 1 aliphatic heterocycles. The van der Waals surface area contributed by atoms with Gasteiger partial charge in [0.05, 0.1) is 11.6 Å². The number of nitrogens with zero attached hydrogens (tertiary/aromatic N) is 1. The molecule has 6 heteroatoms. The van der Waals surface area contributed by atoms with E-state index in [-0.39, 0.29) is 17.9 Å². The van der Waals surface area contributed by atoms with E-state index < -0.39 is 0 Å². The highest BCUT2D eigenvalue weighted by molar-refractivity contribution is 9.10. The van der Waals surface area contributed by atoms with Gasteiger partial charge in [0.1, 0.15) is 5.75 Å². The van der Waals surface area contributed by atoms with E-state index in [1.165, 1.54) is 0 Å². The molecule has 5 nitrogen and oxygen atoms in total. The molecule has 1 aliphatic rings. The van der Waals surface area contributed by atoms with E-state index in [0.717, 1.165) is 4.47 Å². The van der Waals surface area contributed by atoms with Crippen LogP contribution in [-0.4, -0.2) is 43.5 Å². The highest BCUT2D eigenvalue weighted by Gasteiger charge is 2.24. The zero-order valence-corrected chi connectivity index (χ0v) is 13.1. The van der Waals surface area contributed by atoms with Gasteiger partial charge in [0.25, 0.3) is 5.91 Å². The number of amides is 2. The van der Waals surface area contributed by atoms with Crippen LogP contribution in [0.1, 0.15) is 23.2 Å². The Morgan fingerprint density at radius 3 is 2.85 bits per heavy atom. The van der Waals surface area contributed by atoms with Crippen molar-refractivity contribution in [3.8, 4) is 5.75 Å². The number of benzene rings is 1. The largest absolute Gasteiger partial charge is 0.496 e. The van der Waals surface area contributed by atoms with Crippen LogP contribution in [0.4, 0.5) is 0 Å².